The first kappa shape index (κ1) is 21.9. The second-order valence-electron chi connectivity index (χ2n) is 8.72. The van der Waals surface area contributed by atoms with Gasteiger partial charge in [0.1, 0.15) is 0 Å². The Morgan fingerprint density at radius 3 is 2.74 bits per heavy atom. The van der Waals surface area contributed by atoms with E-state index in [2.05, 4.69) is 41.8 Å². The molecular weight excluding hydrogens is 336 g/mol. The zero-order valence-corrected chi connectivity index (χ0v) is 17.6. The quantitative estimate of drug-likeness (QED) is 0.568. The Bertz CT molecular complexity index is 548. The van der Waals surface area contributed by atoms with E-state index < -0.39 is 0 Å². The summed E-state index contributed by atoms with van der Waals surface area (Å²) in [7, 11) is 0. The second kappa shape index (κ2) is 11.5. The van der Waals surface area contributed by atoms with Crippen LogP contribution in [-0.4, -0.2) is 28.0 Å². The molecule has 1 aromatic rings. The van der Waals surface area contributed by atoms with Gasteiger partial charge in [0.15, 0.2) is 0 Å². The van der Waals surface area contributed by atoms with E-state index in [0.717, 1.165) is 51.0 Å². The highest BCUT2D eigenvalue weighted by Gasteiger charge is 2.20. The fourth-order valence-corrected chi connectivity index (χ4v) is 4.03. The van der Waals surface area contributed by atoms with Crippen LogP contribution in [0.15, 0.2) is 12.5 Å². The third kappa shape index (κ3) is 7.65. The van der Waals surface area contributed by atoms with Crippen LogP contribution in [0.5, 0.6) is 0 Å². The molecule has 154 valence electrons. The van der Waals surface area contributed by atoms with Gasteiger partial charge in [0.2, 0.25) is 5.91 Å². The Balaban J connectivity index is 1.63. The van der Waals surface area contributed by atoms with E-state index in [1.165, 1.54) is 31.4 Å². The van der Waals surface area contributed by atoms with Crippen LogP contribution < -0.4 is 11.1 Å². The normalized spacial score (nSPS) is 22.4. The summed E-state index contributed by atoms with van der Waals surface area (Å²) in [4.78, 5) is 16.5. The smallest absolute Gasteiger partial charge is 0.236 e. The fraction of sp³-hybridized carbons (Fsp3) is 0.818. The van der Waals surface area contributed by atoms with Gasteiger partial charge in [0.05, 0.1) is 18.1 Å². The Morgan fingerprint density at radius 2 is 2.04 bits per heavy atom. The number of nitrogens with two attached hydrogens (primary N) is 1. The van der Waals surface area contributed by atoms with Gasteiger partial charge < -0.3 is 15.6 Å². The van der Waals surface area contributed by atoms with Crippen molar-refractivity contribution in [3.05, 3.63) is 18.2 Å². The summed E-state index contributed by atoms with van der Waals surface area (Å²) in [5, 5.41) is 2.98. The largest absolute Gasteiger partial charge is 0.355 e. The van der Waals surface area contributed by atoms with Crippen LogP contribution in [0.25, 0.3) is 0 Å². The van der Waals surface area contributed by atoms with Crippen molar-refractivity contribution in [1.82, 2.24) is 14.9 Å². The summed E-state index contributed by atoms with van der Waals surface area (Å²) < 4.78 is 2.34. The van der Waals surface area contributed by atoms with Crippen LogP contribution in [0.1, 0.15) is 90.3 Å². The molecule has 0 aliphatic heterocycles. The summed E-state index contributed by atoms with van der Waals surface area (Å²) in [6, 6.07) is 0.291. The lowest BCUT2D eigenvalue weighted by Gasteiger charge is -2.26. The van der Waals surface area contributed by atoms with Crippen molar-refractivity contribution in [2.75, 3.05) is 6.54 Å². The molecule has 2 rings (SSSR count). The maximum absolute atomic E-state index is 11.9. The molecule has 0 spiro atoms. The Hall–Kier alpha value is -1.36. The minimum Gasteiger partial charge on any atom is -0.355 e. The van der Waals surface area contributed by atoms with Crippen LogP contribution in [-0.2, 0) is 11.2 Å². The minimum absolute atomic E-state index is 0.00311. The van der Waals surface area contributed by atoms with Crippen molar-refractivity contribution in [1.29, 1.82) is 0 Å². The first-order valence-corrected chi connectivity index (χ1v) is 11.0. The molecule has 0 bridgehead atoms. The van der Waals surface area contributed by atoms with Gasteiger partial charge >= 0.3 is 0 Å². The highest BCUT2D eigenvalue weighted by Crippen LogP contribution is 2.31. The van der Waals surface area contributed by atoms with Gasteiger partial charge in [-0.25, -0.2) is 4.98 Å². The van der Waals surface area contributed by atoms with Crippen molar-refractivity contribution < 1.29 is 4.79 Å². The Morgan fingerprint density at radius 1 is 1.30 bits per heavy atom. The number of aromatic nitrogens is 2. The van der Waals surface area contributed by atoms with Crippen LogP contribution in [0, 0.1) is 11.8 Å². The van der Waals surface area contributed by atoms with Crippen LogP contribution in [0.2, 0.25) is 0 Å². The molecule has 5 nitrogen and oxygen atoms in total. The number of imidazole rings is 1. The highest BCUT2D eigenvalue weighted by molar-refractivity contribution is 5.81. The lowest BCUT2D eigenvalue weighted by molar-refractivity contribution is -0.122. The third-order valence-corrected chi connectivity index (χ3v) is 6.00. The average molecular weight is 377 g/mol. The second-order valence-corrected chi connectivity index (χ2v) is 8.72. The molecule has 1 amide bonds. The molecule has 3 N–H and O–H groups in total. The Kier molecular flexibility index (Phi) is 9.32. The van der Waals surface area contributed by atoms with E-state index in [-0.39, 0.29) is 11.9 Å². The maximum atomic E-state index is 11.9. The molecule has 5 heteroatoms. The topological polar surface area (TPSA) is 72.9 Å². The zero-order chi connectivity index (χ0) is 19.6. The number of nitrogens with zero attached hydrogens (tertiary/aromatic N) is 2. The summed E-state index contributed by atoms with van der Waals surface area (Å²) in [6.07, 6.45) is 15.5. The fourth-order valence-electron chi connectivity index (χ4n) is 4.03. The molecule has 1 unspecified atom stereocenters. The summed E-state index contributed by atoms with van der Waals surface area (Å²) in [5.74, 6) is 1.45. The predicted octanol–water partition coefficient (Wildman–Crippen LogP) is 4.23. The highest BCUT2D eigenvalue weighted by atomic mass is 16.2. The number of unbranched alkanes of at least 4 members (excludes halogenated alkanes) is 1. The molecule has 1 aliphatic rings. The molecule has 0 saturated heterocycles. The van der Waals surface area contributed by atoms with Crippen molar-refractivity contribution in [3.63, 3.8) is 0 Å². The van der Waals surface area contributed by atoms with E-state index in [1.807, 2.05) is 6.33 Å². The number of nitrogens with one attached hydrogen (secondary N) is 1. The van der Waals surface area contributed by atoms with Crippen molar-refractivity contribution in [3.8, 4) is 0 Å². The molecule has 0 aromatic carbocycles. The van der Waals surface area contributed by atoms with Gasteiger partial charge in [0, 0.05) is 18.8 Å². The molecule has 1 aromatic heterocycles. The van der Waals surface area contributed by atoms with E-state index in [0.29, 0.717) is 12.0 Å². The third-order valence-electron chi connectivity index (χ3n) is 6.00. The number of hydrogen-bond donors (Lipinski definition) is 2. The van der Waals surface area contributed by atoms with E-state index in [9.17, 15) is 4.79 Å². The van der Waals surface area contributed by atoms with Crippen LogP contribution >= 0.6 is 0 Å². The van der Waals surface area contributed by atoms with Gasteiger partial charge in [-0.1, -0.05) is 33.6 Å². The zero-order valence-electron chi connectivity index (χ0n) is 17.6. The molecule has 1 aliphatic carbocycles. The van der Waals surface area contributed by atoms with Gasteiger partial charge in [-0.15, -0.1) is 0 Å². The standard InChI is InChI=1S/C22H40N4O/c1-4-5-8-21(23)22(27)24-13-6-7-18(3)14-19-15-26(16-25-19)20-11-9-17(2)10-12-20/h15-18,20-21H,4-14,23H2,1-3H3,(H,24,27)/t17?,18?,20?,21-/m0/s1. The number of amides is 1. The van der Waals surface area contributed by atoms with Gasteiger partial charge in [-0.05, 0) is 63.2 Å². The number of carbonyl (C=O) groups excluding carboxylic acids is 1. The van der Waals surface area contributed by atoms with Crippen molar-refractivity contribution >= 4 is 5.91 Å². The summed E-state index contributed by atoms with van der Waals surface area (Å²) >= 11 is 0. The van der Waals surface area contributed by atoms with Gasteiger partial charge in [-0.3, -0.25) is 4.79 Å². The maximum Gasteiger partial charge on any atom is 0.236 e. The van der Waals surface area contributed by atoms with E-state index in [4.69, 9.17) is 5.73 Å². The number of hydrogen-bond acceptors (Lipinski definition) is 3. The lowest BCUT2D eigenvalue weighted by Crippen LogP contribution is -2.40. The molecule has 0 radical (unpaired) electrons. The average Bonchev–Trinajstić information content (AvgIpc) is 3.12. The molecule has 1 heterocycles. The molecular formula is C22H40N4O. The van der Waals surface area contributed by atoms with Gasteiger partial charge in [-0.2, -0.15) is 0 Å². The summed E-state index contributed by atoms with van der Waals surface area (Å²) in [6.45, 7) is 7.47. The van der Waals surface area contributed by atoms with Crippen molar-refractivity contribution in [2.24, 2.45) is 17.6 Å². The van der Waals surface area contributed by atoms with Crippen LogP contribution in [0.3, 0.4) is 0 Å². The SMILES string of the molecule is CCCC[C@H](N)C(=O)NCCCC(C)Cc1cn(C2CCC(C)CC2)cn1. The van der Waals surface area contributed by atoms with E-state index >= 15 is 0 Å². The molecule has 1 saturated carbocycles. The first-order valence-electron chi connectivity index (χ1n) is 11.0. The number of carbonyl (C=O) groups is 1. The Labute approximate surface area is 165 Å². The lowest BCUT2D eigenvalue weighted by atomic mass is 9.87. The monoisotopic (exact) mass is 376 g/mol. The first-order chi connectivity index (χ1) is 13.0. The predicted molar refractivity (Wildman–Crippen MR) is 112 cm³/mol. The van der Waals surface area contributed by atoms with Crippen molar-refractivity contribution in [2.45, 2.75) is 97.1 Å². The molecule has 1 fully saturated rings. The molecule has 2 atom stereocenters. The number of rotatable bonds is 11. The van der Waals surface area contributed by atoms with Gasteiger partial charge in [0.25, 0.3) is 0 Å². The summed E-state index contributed by atoms with van der Waals surface area (Å²) in [5.41, 5.74) is 7.10. The molecule has 27 heavy (non-hydrogen) atoms. The van der Waals surface area contributed by atoms with E-state index in [1.54, 1.807) is 0 Å². The minimum atomic E-state index is -0.353. The van der Waals surface area contributed by atoms with Crippen LogP contribution in [0.4, 0.5) is 0 Å².